The van der Waals surface area contributed by atoms with Crippen LogP contribution < -0.4 is 5.32 Å². The van der Waals surface area contributed by atoms with Crippen molar-refractivity contribution in [2.24, 2.45) is 0 Å². The Hall–Kier alpha value is -3.09. The van der Waals surface area contributed by atoms with Gasteiger partial charge in [-0.25, -0.2) is 9.78 Å². The molecule has 7 nitrogen and oxygen atoms in total. The number of amides is 1. The SMILES string of the molecule is COC(=O)c1c(C)[nH]c(C(=O)NCCc2cn3ccccc3n2)c1C. The van der Waals surface area contributed by atoms with Crippen LogP contribution >= 0.6 is 0 Å². The number of esters is 1. The number of ether oxygens (including phenoxy) is 1. The van der Waals surface area contributed by atoms with E-state index in [-0.39, 0.29) is 5.91 Å². The van der Waals surface area contributed by atoms with E-state index < -0.39 is 5.97 Å². The van der Waals surface area contributed by atoms with Crippen LogP contribution in [0, 0.1) is 13.8 Å². The van der Waals surface area contributed by atoms with Crippen molar-refractivity contribution < 1.29 is 14.3 Å². The molecule has 0 unspecified atom stereocenters. The lowest BCUT2D eigenvalue weighted by atomic mass is 10.1. The molecule has 3 rings (SSSR count). The minimum absolute atomic E-state index is 0.250. The third-order valence-corrected chi connectivity index (χ3v) is 4.13. The monoisotopic (exact) mass is 340 g/mol. The van der Waals surface area contributed by atoms with Crippen molar-refractivity contribution in [3.63, 3.8) is 0 Å². The number of imidazole rings is 1. The van der Waals surface area contributed by atoms with Crippen molar-refractivity contribution in [2.75, 3.05) is 13.7 Å². The molecule has 25 heavy (non-hydrogen) atoms. The van der Waals surface area contributed by atoms with Crippen LogP contribution in [-0.4, -0.2) is 39.9 Å². The summed E-state index contributed by atoms with van der Waals surface area (Å²) >= 11 is 0. The van der Waals surface area contributed by atoms with Gasteiger partial charge in [0, 0.05) is 31.1 Å². The first-order valence-electron chi connectivity index (χ1n) is 7.99. The first-order valence-corrected chi connectivity index (χ1v) is 7.99. The van der Waals surface area contributed by atoms with E-state index in [2.05, 4.69) is 15.3 Å². The molecule has 3 heterocycles. The van der Waals surface area contributed by atoms with Crippen LogP contribution in [0.3, 0.4) is 0 Å². The molecule has 0 radical (unpaired) electrons. The summed E-state index contributed by atoms with van der Waals surface area (Å²) in [7, 11) is 1.32. The summed E-state index contributed by atoms with van der Waals surface area (Å²) in [6.45, 7) is 3.92. The maximum Gasteiger partial charge on any atom is 0.339 e. The highest BCUT2D eigenvalue weighted by molar-refractivity contribution is 6.00. The minimum atomic E-state index is -0.449. The lowest BCUT2D eigenvalue weighted by Crippen LogP contribution is -2.26. The number of H-pyrrole nitrogens is 1. The molecule has 0 saturated carbocycles. The quantitative estimate of drug-likeness (QED) is 0.696. The average Bonchev–Trinajstić information content (AvgIpc) is 3.14. The fraction of sp³-hybridized carbons (Fsp3) is 0.278. The third-order valence-electron chi connectivity index (χ3n) is 4.13. The normalized spacial score (nSPS) is 10.8. The molecular weight excluding hydrogens is 320 g/mol. The van der Waals surface area contributed by atoms with Crippen molar-refractivity contribution in [1.29, 1.82) is 0 Å². The number of hydrogen-bond donors (Lipinski definition) is 2. The van der Waals surface area contributed by atoms with E-state index in [0.717, 1.165) is 11.3 Å². The Labute approximate surface area is 145 Å². The van der Waals surface area contributed by atoms with Gasteiger partial charge >= 0.3 is 5.97 Å². The summed E-state index contributed by atoms with van der Waals surface area (Å²) in [5.41, 5.74) is 3.79. The number of hydrogen-bond acceptors (Lipinski definition) is 4. The van der Waals surface area contributed by atoms with Crippen LogP contribution in [0.15, 0.2) is 30.6 Å². The second kappa shape index (κ2) is 6.80. The lowest BCUT2D eigenvalue weighted by molar-refractivity contribution is 0.0599. The molecule has 1 amide bonds. The predicted molar refractivity (Wildman–Crippen MR) is 92.8 cm³/mol. The molecule has 0 saturated heterocycles. The number of nitrogens with one attached hydrogen (secondary N) is 2. The Morgan fingerprint density at radius 2 is 2.12 bits per heavy atom. The van der Waals surface area contributed by atoms with Gasteiger partial charge in [-0.2, -0.15) is 0 Å². The van der Waals surface area contributed by atoms with Gasteiger partial charge in [0.1, 0.15) is 11.3 Å². The number of rotatable bonds is 5. The number of nitrogens with zero attached hydrogens (tertiary/aromatic N) is 2. The fourth-order valence-corrected chi connectivity index (χ4v) is 2.89. The van der Waals surface area contributed by atoms with Crippen LogP contribution in [0.25, 0.3) is 5.65 Å². The number of fused-ring (bicyclic) bond motifs is 1. The second-order valence-electron chi connectivity index (χ2n) is 5.82. The Bertz CT molecular complexity index is 906. The van der Waals surface area contributed by atoms with Gasteiger partial charge in [-0.3, -0.25) is 4.79 Å². The van der Waals surface area contributed by atoms with Gasteiger partial charge in [0.2, 0.25) is 0 Å². The average molecular weight is 340 g/mol. The van der Waals surface area contributed by atoms with Gasteiger partial charge in [0.05, 0.1) is 18.4 Å². The number of methoxy groups -OCH3 is 1. The summed E-state index contributed by atoms with van der Waals surface area (Å²) < 4.78 is 6.70. The summed E-state index contributed by atoms with van der Waals surface area (Å²) in [6.07, 6.45) is 4.50. The molecule has 3 aromatic rings. The summed E-state index contributed by atoms with van der Waals surface area (Å²) in [5.74, 6) is -0.700. The molecule has 2 N–H and O–H groups in total. The van der Waals surface area contributed by atoms with Crippen molar-refractivity contribution in [3.05, 3.63) is 58.8 Å². The van der Waals surface area contributed by atoms with Gasteiger partial charge in [0.25, 0.3) is 5.91 Å². The highest BCUT2D eigenvalue weighted by Crippen LogP contribution is 2.18. The molecule has 0 aliphatic rings. The molecule has 0 fully saturated rings. The Morgan fingerprint density at radius 1 is 1.32 bits per heavy atom. The zero-order valence-corrected chi connectivity index (χ0v) is 14.4. The predicted octanol–water partition coefficient (Wildman–Crippen LogP) is 2.04. The van der Waals surface area contributed by atoms with Crippen LogP contribution in [0.5, 0.6) is 0 Å². The molecule has 130 valence electrons. The van der Waals surface area contributed by atoms with Crippen molar-refractivity contribution in [2.45, 2.75) is 20.3 Å². The largest absolute Gasteiger partial charge is 0.465 e. The van der Waals surface area contributed by atoms with Crippen LogP contribution in [-0.2, 0) is 11.2 Å². The highest BCUT2D eigenvalue weighted by Gasteiger charge is 2.22. The number of pyridine rings is 1. The molecule has 0 spiro atoms. The van der Waals surface area contributed by atoms with E-state index >= 15 is 0 Å². The molecule has 0 aliphatic heterocycles. The van der Waals surface area contributed by atoms with Crippen LogP contribution in [0.1, 0.15) is 37.8 Å². The molecule has 0 bridgehead atoms. The van der Waals surface area contributed by atoms with Gasteiger partial charge in [0.15, 0.2) is 0 Å². The van der Waals surface area contributed by atoms with E-state index in [1.807, 2.05) is 35.0 Å². The Balaban J connectivity index is 1.65. The number of carbonyl (C=O) groups excluding carboxylic acids is 2. The molecular formula is C18H20N4O3. The molecule has 0 aliphatic carbocycles. The van der Waals surface area contributed by atoms with Gasteiger partial charge in [-0.1, -0.05) is 6.07 Å². The van der Waals surface area contributed by atoms with Gasteiger partial charge in [-0.05, 0) is 31.5 Å². The summed E-state index contributed by atoms with van der Waals surface area (Å²) in [5, 5.41) is 2.86. The molecule has 3 aromatic heterocycles. The van der Waals surface area contributed by atoms with Crippen molar-refractivity contribution in [3.8, 4) is 0 Å². The highest BCUT2D eigenvalue weighted by atomic mass is 16.5. The van der Waals surface area contributed by atoms with E-state index in [1.165, 1.54) is 7.11 Å². The third kappa shape index (κ3) is 3.26. The van der Waals surface area contributed by atoms with Gasteiger partial charge < -0.3 is 19.4 Å². The number of aryl methyl sites for hydroxylation is 1. The van der Waals surface area contributed by atoms with Gasteiger partial charge in [-0.15, -0.1) is 0 Å². The smallest absolute Gasteiger partial charge is 0.339 e. The molecule has 0 aromatic carbocycles. The number of aromatic nitrogens is 3. The van der Waals surface area contributed by atoms with Crippen LogP contribution in [0.2, 0.25) is 0 Å². The van der Waals surface area contributed by atoms with E-state index in [9.17, 15) is 9.59 Å². The fourth-order valence-electron chi connectivity index (χ4n) is 2.89. The summed E-state index contributed by atoms with van der Waals surface area (Å²) in [4.78, 5) is 31.6. The minimum Gasteiger partial charge on any atom is -0.465 e. The Morgan fingerprint density at radius 3 is 2.84 bits per heavy atom. The maximum absolute atomic E-state index is 12.4. The maximum atomic E-state index is 12.4. The topological polar surface area (TPSA) is 88.5 Å². The van der Waals surface area contributed by atoms with E-state index in [4.69, 9.17) is 4.74 Å². The standard InChI is InChI=1S/C18H20N4O3/c1-11-15(18(24)25-3)12(2)20-16(11)17(23)19-8-7-13-10-22-9-5-4-6-14(22)21-13/h4-6,9-10,20H,7-8H2,1-3H3,(H,19,23). The van der Waals surface area contributed by atoms with E-state index in [1.54, 1.807) is 13.8 Å². The van der Waals surface area contributed by atoms with Crippen molar-refractivity contribution >= 4 is 17.5 Å². The number of aromatic amines is 1. The molecule has 7 heteroatoms. The molecule has 0 atom stereocenters. The van der Waals surface area contributed by atoms with Crippen LogP contribution in [0.4, 0.5) is 0 Å². The first kappa shape index (κ1) is 16.8. The van der Waals surface area contributed by atoms with Crippen molar-refractivity contribution in [1.82, 2.24) is 19.7 Å². The zero-order valence-electron chi connectivity index (χ0n) is 14.4. The summed E-state index contributed by atoms with van der Waals surface area (Å²) in [6, 6.07) is 5.81. The second-order valence-corrected chi connectivity index (χ2v) is 5.82. The zero-order chi connectivity index (χ0) is 18.0. The Kier molecular flexibility index (Phi) is 4.56. The number of carbonyl (C=O) groups is 2. The lowest BCUT2D eigenvalue weighted by Gasteiger charge is -2.04. The van der Waals surface area contributed by atoms with E-state index in [0.29, 0.717) is 35.5 Å². The first-order chi connectivity index (χ1) is 12.0.